The van der Waals surface area contributed by atoms with Crippen molar-refractivity contribution in [3.8, 4) is 16.9 Å². The van der Waals surface area contributed by atoms with Gasteiger partial charge in [-0.15, -0.1) is 0 Å². The molecule has 0 amide bonds. The molecule has 0 fully saturated rings. The second-order valence-electron chi connectivity index (χ2n) is 6.09. The lowest BCUT2D eigenvalue weighted by molar-refractivity contribution is 0.352. The largest absolute Gasteiger partial charge is 0.487 e. The lowest BCUT2D eigenvalue weighted by Gasteiger charge is -2.17. The SMILES string of the molecule is C=CCOc1c(C)nn(CC(C)C)c(=O)c1-c1ccccc1C. The Morgan fingerprint density at radius 3 is 2.61 bits per heavy atom. The molecule has 0 spiro atoms. The van der Waals surface area contributed by atoms with Crippen LogP contribution >= 0.6 is 0 Å². The summed E-state index contributed by atoms with van der Waals surface area (Å²) in [5, 5.41) is 4.43. The molecule has 0 saturated heterocycles. The van der Waals surface area contributed by atoms with E-state index in [9.17, 15) is 4.79 Å². The van der Waals surface area contributed by atoms with E-state index in [1.54, 1.807) is 10.8 Å². The summed E-state index contributed by atoms with van der Waals surface area (Å²) in [5.41, 5.74) is 3.11. The summed E-state index contributed by atoms with van der Waals surface area (Å²) in [5.74, 6) is 0.883. The zero-order valence-corrected chi connectivity index (χ0v) is 14.3. The Kier molecular flexibility index (Phi) is 5.37. The molecule has 1 heterocycles. The number of aromatic nitrogens is 2. The fraction of sp³-hybridized carbons (Fsp3) is 0.368. The van der Waals surface area contributed by atoms with Crippen LogP contribution < -0.4 is 10.3 Å². The zero-order chi connectivity index (χ0) is 17.0. The zero-order valence-electron chi connectivity index (χ0n) is 14.3. The maximum atomic E-state index is 13.0. The predicted molar refractivity (Wildman–Crippen MR) is 93.9 cm³/mol. The van der Waals surface area contributed by atoms with Gasteiger partial charge in [-0.1, -0.05) is 50.8 Å². The fourth-order valence-electron chi connectivity index (χ4n) is 2.56. The van der Waals surface area contributed by atoms with E-state index >= 15 is 0 Å². The van der Waals surface area contributed by atoms with Gasteiger partial charge in [0, 0.05) is 6.54 Å². The van der Waals surface area contributed by atoms with E-state index < -0.39 is 0 Å². The van der Waals surface area contributed by atoms with Gasteiger partial charge in [0.1, 0.15) is 12.3 Å². The highest BCUT2D eigenvalue weighted by molar-refractivity contribution is 5.73. The molecule has 0 bridgehead atoms. The maximum Gasteiger partial charge on any atom is 0.278 e. The predicted octanol–water partition coefficient (Wildman–Crippen LogP) is 3.75. The van der Waals surface area contributed by atoms with Crippen molar-refractivity contribution in [1.29, 1.82) is 0 Å². The van der Waals surface area contributed by atoms with Gasteiger partial charge in [0.15, 0.2) is 5.75 Å². The first kappa shape index (κ1) is 17.0. The molecule has 4 heteroatoms. The number of benzene rings is 1. The molecule has 1 aromatic heterocycles. The van der Waals surface area contributed by atoms with Crippen LogP contribution in [-0.2, 0) is 6.54 Å². The standard InChI is InChI=1S/C19H24N2O2/c1-6-11-23-18-15(5)20-21(12-13(2)3)19(22)17(18)16-10-8-7-9-14(16)4/h6-10,13H,1,11-12H2,2-5H3. The molecular weight excluding hydrogens is 288 g/mol. The van der Waals surface area contributed by atoms with Crippen LogP contribution in [-0.4, -0.2) is 16.4 Å². The van der Waals surface area contributed by atoms with Crippen LogP contribution in [0.4, 0.5) is 0 Å². The highest BCUT2D eigenvalue weighted by Gasteiger charge is 2.19. The summed E-state index contributed by atoms with van der Waals surface area (Å²) in [6, 6.07) is 7.84. The minimum absolute atomic E-state index is 0.113. The number of ether oxygens (including phenoxy) is 1. The quantitative estimate of drug-likeness (QED) is 0.763. The van der Waals surface area contributed by atoms with Gasteiger partial charge in [0.05, 0.1) is 5.56 Å². The Hall–Kier alpha value is -2.36. The molecule has 0 saturated carbocycles. The van der Waals surface area contributed by atoms with E-state index in [0.717, 1.165) is 11.1 Å². The first-order valence-corrected chi connectivity index (χ1v) is 7.87. The van der Waals surface area contributed by atoms with Gasteiger partial charge in [0.2, 0.25) is 0 Å². The lowest BCUT2D eigenvalue weighted by Crippen LogP contribution is -2.28. The number of aryl methyl sites for hydroxylation is 2. The molecule has 4 nitrogen and oxygen atoms in total. The summed E-state index contributed by atoms with van der Waals surface area (Å²) in [6.07, 6.45) is 1.67. The van der Waals surface area contributed by atoms with Crippen molar-refractivity contribution in [2.75, 3.05) is 6.61 Å². The summed E-state index contributed by atoms with van der Waals surface area (Å²) < 4.78 is 7.32. The van der Waals surface area contributed by atoms with Gasteiger partial charge in [-0.3, -0.25) is 4.79 Å². The summed E-state index contributed by atoms with van der Waals surface area (Å²) >= 11 is 0. The Morgan fingerprint density at radius 2 is 2.00 bits per heavy atom. The highest BCUT2D eigenvalue weighted by atomic mass is 16.5. The molecule has 2 aromatic rings. The van der Waals surface area contributed by atoms with E-state index in [4.69, 9.17) is 4.74 Å². The molecule has 0 aliphatic rings. The van der Waals surface area contributed by atoms with Crippen molar-refractivity contribution in [2.45, 2.75) is 34.2 Å². The Balaban J connectivity index is 2.73. The van der Waals surface area contributed by atoms with Crippen molar-refractivity contribution in [3.05, 3.63) is 58.5 Å². The number of hydrogen-bond donors (Lipinski definition) is 0. The first-order valence-electron chi connectivity index (χ1n) is 7.87. The first-order chi connectivity index (χ1) is 11.0. The molecule has 0 aliphatic carbocycles. The molecule has 0 N–H and O–H groups in total. The number of nitrogens with zero attached hydrogens (tertiary/aromatic N) is 2. The van der Waals surface area contributed by atoms with E-state index in [0.29, 0.717) is 36.1 Å². The monoisotopic (exact) mass is 312 g/mol. The van der Waals surface area contributed by atoms with Gasteiger partial charge in [0.25, 0.3) is 5.56 Å². The van der Waals surface area contributed by atoms with Crippen LogP contribution in [0.15, 0.2) is 41.7 Å². The minimum atomic E-state index is -0.113. The van der Waals surface area contributed by atoms with Crippen LogP contribution in [0.25, 0.3) is 11.1 Å². The molecular formula is C19H24N2O2. The van der Waals surface area contributed by atoms with Gasteiger partial charge in [-0.05, 0) is 30.9 Å². The van der Waals surface area contributed by atoms with Gasteiger partial charge < -0.3 is 4.74 Å². The average molecular weight is 312 g/mol. The van der Waals surface area contributed by atoms with E-state index in [1.165, 1.54) is 0 Å². The van der Waals surface area contributed by atoms with E-state index in [1.807, 2.05) is 38.1 Å². The van der Waals surface area contributed by atoms with Gasteiger partial charge in [-0.2, -0.15) is 5.10 Å². The van der Waals surface area contributed by atoms with Crippen molar-refractivity contribution in [1.82, 2.24) is 9.78 Å². The molecule has 1 aromatic carbocycles. The van der Waals surface area contributed by atoms with Crippen LogP contribution in [0.2, 0.25) is 0 Å². The van der Waals surface area contributed by atoms with Gasteiger partial charge >= 0.3 is 0 Å². The second kappa shape index (κ2) is 7.27. The third-order valence-corrected chi connectivity index (χ3v) is 3.57. The van der Waals surface area contributed by atoms with Crippen LogP contribution in [0.3, 0.4) is 0 Å². The van der Waals surface area contributed by atoms with Crippen LogP contribution in [0.5, 0.6) is 5.75 Å². The molecule has 0 unspecified atom stereocenters. The second-order valence-corrected chi connectivity index (χ2v) is 6.09. The Morgan fingerprint density at radius 1 is 1.30 bits per heavy atom. The van der Waals surface area contributed by atoms with Crippen molar-refractivity contribution in [3.63, 3.8) is 0 Å². The summed E-state index contributed by atoms with van der Waals surface area (Å²) in [7, 11) is 0. The van der Waals surface area contributed by atoms with Crippen LogP contribution in [0.1, 0.15) is 25.1 Å². The normalized spacial score (nSPS) is 10.8. The molecule has 2 rings (SSSR count). The highest BCUT2D eigenvalue weighted by Crippen LogP contribution is 2.31. The number of hydrogen-bond acceptors (Lipinski definition) is 3. The molecule has 0 radical (unpaired) electrons. The maximum absolute atomic E-state index is 13.0. The molecule has 23 heavy (non-hydrogen) atoms. The third kappa shape index (κ3) is 3.70. The fourth-order valence-corrected chi connectivity index (χ4v) is 2.56. The summed E-state index contributed by atoms with van der Waals surface area (Å²) in [6.45, 7) is 12.6. The minimum Gasteiger partial charge on any atom is -0.487 e. The van der Waals surface area contributed by atoms with Gasteiger partial charge in [-0.25, -0.2) is 4.68 Å². The Labute approximate surface area is 137 Å². The third-order valence-electron chi connectivity index (χ3n) is 3.57. The molecule has 122 valence electrons. The van der Waals surface area contributed by atoms with Crippen molar-refractivity contribution in [2.24, 2.45) is 5.92 Å². The lowest BCUT2D eigenvalue weighted by atomic mass is 10.0. The van der Waals surface area contributed by atoms with Crippen LogP contribution in [0, 0.1) is 19.8 Å². The van der Waals surface area contributed by atoms with Crippen molar-refractivity contribution >= 4 is 0 Å². The summed E-state index contributed by atoms with van der Waals surface area (Å²) in [4.78, 5) is 13.0. The smallest absolute Gasteiger partial charge is 0.278 e. The Bertz CT molecular complexity index is 760. The molecule has 0 atom stereocenters. The van der Waals surface area contributed by atoms with E-state index in [-0.39, 0.29) is 5.56 Å². The topological polar surface area (TPSA) is 44.1 Å². The number of rotatable bonds is 6. The average Bonchev–Trinajstić information content (AvgIpc) is 2.49. The van der Waals surface area contributed by atoms with Crippen molar-refractivity contribution < 1.29 is 4.74 Å². The molecule has 0 aliphatic heterocycles. The van der Waals surface area contributed by atoms with E-state index in [2.05, 4.69) is 25.5 Å².